The zero-order chi connectivity index (χ0) is 16.2. The number of esters is 1. The van der Waals surface area contributed by atoms with Crippen LogP contribution in [-0.2, 0) is 9.53 Å². The lowest BCUT2D eigenvalue weighted by atomic mass is 10.0. The Morgan fingerprint density at radius 3 is 2.38 bits per heavy atom. The largest absolute Gasteiger partial charge is 0.495 e. The highest BCUT2D eigenvalue weighted by Gasteiger charge is 2.30. The molecule has 0 fully saturated rings. The molecule has 1 N–H and O–H groups in total. The fraction of sp³-hybridized carbons (Fsp3) is 0.600. The lowest BCUT2D eigenvalue weighted by Crippen LogP contribution is -2.47. The Labute approximate surface area is 129 Å². The molecular weight excluding hydrogens is 290 g/mol. The van der Waals surface area contributed by atoms with Crippen LogP contribution in [0.1, 0.15) is 44.3 Å². The quantitative estimate of drug-likeness (QED) is 0.849. The molecule has 0 aliphatic rings. The van der Waals surface area contributed by atoms with E-state index in [9.17, 15) is 9.59 Å². The number of carbonyl (C=O) groups is 2. The van der Waals surface area contributed by atoms with Gasteiger partial charge in [0.15, 0.2) is 0 Å². The van der Waals surface area contributed by atoms with E-state index >= 15 is 0 Å². The van der Waals surface area contributed by atoms with Gasteiger partial charge in [0.1, 0.15) is 22.3 Å². The fourth-order valence-corrected chi connectivity index (χ4v) is 2.45. The van der Waals surface area contributed by atoms with Crippen LogP contribution in [0.4, 0.5) is 0 Å². The monoisotopic (exact) mass is 313 g/mol. The molecular formula is C15H23NO4S. The molecule has 5 nitrogen and oxygen atoms in total. The van der Waals surface area contributed by atoms with E-state index in [0.717, 1.165) is 0 Å². The third-order valence-corrected chi connectivity index (χ3v) is 3.56. The summed E-state index contributed by atoms with van der Waals surface area (Å²) in [6.07, 6.45) is 0. The van der Waals surface area contributed by atoms with Crippen molar-refractivity contribution in [1.82, 2.24) is 5.32 Å². The summed E-state index contributed by atoms with van der Waals surface area (Å²) >= 11 is 1.27. The summed E-state index contributed by atoms with van der Waals surface area (Å²) in [5.74, 6) is -0.327. The smallest absolute Gasteiger partial charge is 0.329 e. The van der Waals surface area contributed by atoms with Gasteiger partial charge in [0.25, 0.3) is 5.91 Å². The van der Waals surface area contributed by atoms with Crippen LogP contribution in [0.15, 0.2) is 11.4 Å². The van der Waals surface area contributed by atoms with Crippen LogP contribution in [0.3, 0.4) is 0 Å². The number of rotatable bonds is 5. The number of carbonyl (C=O) groups excluding carboxylic acids is 2. The summed E-state index contributed by atoms with van der Waals surface area (Å²) in [7, 11) is 1.51. The van der Waals surface area contributed by atoms with Crippen LogP contribution in [0, 0.1) is 5.92 Å². The third-order valence-electron chi connectivity index (χ3n) is 2.67. The van der Waals surface area contributed by atoms with Crippen molar-refractivity contribution in [3.63, 3.8) is 0 Å². The van der Waals surface area contributed by atoms with Crippen molar-refractivity contribution in [3.8, 4) is 5.75 Å². The second-order valence-electron chi connectivity index (χ2n) is 6.05. The molecule has 1 aromatic heterocycles. The van der Waals surface area contributed by atoms with Crippen LogP contribution >= 0.6 is 11.3 Å². The van der Waals surface area contributed by atoms with E-state index in [1.54, 1.807) is 32.2 Å². The number of thiophene rings is 1. The maximum absolute atomic E-state index is 12.3. The van der Waals surface area contributed by atoms with E-state index in [2.05, 4.69) is 5.32 Å². The molecule has 21 heavy (non-hydrogen) atoms. The van der Waals surface area contributed by atoms with Crippen LogP contribution in [0.25, 0.3) is 0 Å². The summed E-state index contributed by atoms with van der Waals surface area (Å²) in [6, 6.07) is 1.03. The van der Waals surface area contributed by atoms with Crippen LogP contribution in [0.2, 0.25) is 0 Å². The van der Waals surface area contributed by atoms with Gasteiger partial charge in [-0.2, -0.15) is 0 Å². The number of nitrogens with one attached hydrogen (secondary N) is 1. The molecule has 6 heteroatoms. The second-order valence-corrected chi connectivity index (χ2v) is 6.96. The van der Waals surface area contributed by atoms with Crippen LogP contribution in [0.5, 0.6) is 5.75 Å². The number of ether oxygens (including phenoxy) is 2. The highest BCUT2D eigenvalue weighted by Crippen LogP contribution is 2.24. The fourth-order valence-electron chi connectivity index (χ4n) is 1.69. The molecule has 1 amide bonds. The first kappa shape index (κ1) is 17.5. The van der Waals surface area contributed by atoms with E-state index in [0.29, 0.717) is 10.6 Å². The molecule has 0 radical (unpaired) electrons. The van der Waals surface area contributed by atoms with Gasteiger partial charge in [-0.3, -0.25) is 4.79 Å². The maximum Gasteiger partial charge on any atom is 0.329 e. The van der Waals surface area contributed by atoms with Crippen LogP contribution in [-0.4, -0.2) is 30.6 Å². The lowest BCUT2D eigenvalue weighted by molar-refractivity contribution is -0.158. The van der Waals surface area contributed by atoms with Crippen molar-refractivity contribution in [1.29, 1.82) is 0 Å². The summed E-state index contributed by atoms with van der Waals surface area (Å²) in [5.41, 5.74) is -0.588. The summed E-state index contributed by atoms with van der Waals surface area (Å²) < 4.78 is 10.5. The third kappa shape index (κ3) is 5.04. The van der Waals surface area contributed by atoms with Gasteiger partial charge in [-0.1, -0.05) is 13.8 Å². The van der Waals surface area contributed by atoms with Gasteiger partial charge in [-0.15, -0.1) is 11.3 Å². The molecule has 0 aliphatic heterocycles. The first-order valence-electron chi connectivity index (χ1n) is 6.81. The molecule has 0 bridgehead atoms. The Balaban J connectivity index is 2.84. The standard InChI is InChI=1S/C15H23NO4S/c1-9(2)11(14(18)20-15(3,4)5)16-13(17)12-10(19-6)7-8-21-12/h7-9,11H,1-6H3,(H,16,17)/t11-/m0/s1. The molecule has 0 unspecified atom stereocenters. The second kappa shape index (κ2) is 6.93. The molecule has 0 aromatic carbocycles. The van der Waals surface area contributed by atoms with Gasteiger partial charge in [-0.05, 0) is 38.1 Å². The normalized spacial score (nSPS) is 12.9. The zero-order valence-electron chi connectivity index (χ0n) is 13.4. The Morgan fingerprint density at radius 2 is 1.90 bits per heavy atom. The van der Waals surface area contributed by atoms with Crippen molar-refractivity contribution in [2.24, 2.45) is 5.92 Å². The predicted octanol–water partition coefficient (Wildman–Crippen LogP) is 2.85. The minimum atomic E-state index is -0.691. The van der Waals surface area contributed by atoms with Crippen molar-refractivity contribution >= 4 is 23.2 Å². The van der Waals surface area contributed by atoms with Crippen molar-refractivity contribution in [3.05, 3.63) is 16.3 Å². The average molecular weight is 313 g/mol. The number of amides is 1. The summed E-state index contributed by atoms with van der Waals surface area (Å²) in [6.45, 7) is 9.12. The van der Waals surface area contributed by atoms with Gasteiger partial charge in [-0.25, -0.2) is 4.79 Å². The van der Waals surface area contributed by atoms with E-state index in [1.165, 1.54) is 18.4 Å². The Morgan fingerprint density at radius 1 is 1.29 bits per heavy atom. The van der Waals surface area contributed by atoms with Crippen molar-refractivity contribution in [2.75, 3.05) is 7.11 Å². The number of methoxy groups -OCH3 is 1. The Kier molecular flexibility index (Phi) is 5.78. The van der Waals surface area contributed by atoms with Crippen molar-refractivity contribution in [2.45, 2.75) is 46.3 Å². The Bertz CT molecular complexity index is 502. The van der Waals surface area contributed by atoms with Crippen LogP contribution < -0.4 is 10.1 Å². The molecule has 1 aromatic rings. The molecule has 1 heterocycles. The molecule has 0 spiro atoms. The molecule has 0 saturated carbocycles. The van der Waals surface area contributed by atoms with E-state index in [1.807, 2.05) is 13.8 Å². The van der Waals surface area contributed by atoms with E-state index in [4.69, 9.17) is 9.47 Å². The molecule has 0 saturated heterocycles. The highest BCUT2D eigenvalue weighted by molar-refractivity contribution is 7.12. The lowest BCUT2D eigenvalue weighted by Gasteiger charge is -2.26. The molecule has 118 valence electrons. The van der Waals surface area contributed by atoms with Gasteiger partial charge in [0.2, 0.25) is 0 Å². The topological polar surface area (TPSA) is 64.6 Å². The van der Waals surface area contributed by atoms with Gasteiger partial charge in [0, 0.05) is 0 Å². The van der Waals surface area contributed by atoms with E-state index < -0.39 is 17.6 Å². The number of hydrogen-bond acceptors (Lipinski definition) is 5. The SMILES string of the molecule is COc1ccsc1C(=O)N[C@H](C(=O)OC(C)(C)C)C(C)C. The van der Waals surface area contributed by atoms with E-state index in [-0.39, 0.29) is 11.8 Å². The molecule has 0 aliphatic carbocycles. The maximum atomic E-state index is 12.3. The zero-order valence-corrected chi connectivity index (χ0v) is 14.2. The first-order valence-corrected chi connectivity index (χ1v) is 7.69. The van der Waals surface area contributed by atoms with Gasteiger partial charge in [0.05, 0.1) is 7.11 Å². The highest BCUT2D eigenvalue weighted by atomic mass is 32.1. The molecule has 1 atom stereocenters. The minimum Gasteiger partial charge on any atom is -0.495 e. The summed E-state index contributed by atoms with van der Waals surface area (Å²) in [4.78, 5) is 24.9. The molecule has 1 rings (SSSR count). The minimum absolute atomic E-state index is 0.0743. The Hall–Kier alpha value is -1.56. The average Bonchev–Trinajstić information content (AvgIpc) is 2.81. The first-order chi connectivity index (χ1) is 9.65. The summed E-state index contributed by atoms with van der Waals surface area (Å²) in [5, 5.41) is 4.50. The van der Waals surface area contributed by atoms with Crippen molar-refractivity contribution < 1.29 is 19.1 Å². The number of hydrogen-bond donors (Lipinski definition) is 1. The van der Waals surface area contributed by atoms with Gasteiger partial charge >= 0.3 is 5.97 Å². The van der Waals surface area contributed by atoms with Gasteiger partial charge < -0.3 is 14.8 Å². The predicted molar refractivity (Wildman–Crippen MR) is 82.8 cm³/mol.